The van der Waals surface area contributed by atoms with Gasteiger partial charge >= 0.3 is 5.97 Å². The van der Waals surface area contributed by atoms with Crippen molar-refractivity contribution in [2.75, 3.05) is 26.4 Å². The van der Waals surface area contributed by atoms with E-state index in [1.807, 2.05) is 0 Å². The molecule has 3 fully saturated rings. The second-order valence-corrected chi connectivity index (χ2v) is 13.6. The molecule has 5 rings (SSSR count). The van der Waals surface area contributed by atoms with Crippen LogP contribution in [0.5, 0.6) is 23.0 Å². The first-order valence-corrected chi connectivity index (χ1v) is 17.7. The van der Waals surface area contributed by atoms with E-state index in [0.29, 0.717) is 5.56 Å². The second kappa shape index (κ2) is 19.2. The molecule has 0 aliphatic carbocycles. The first kappa shape index (κ1) is 43.4. The summed E-state index contributed by atoms with van der Waals surface area (Å²) in [6.07, 6.45) is -20.9. The summed E-state index contributed by atoms with van der Waals surface area (Å²) in [6.45, 7) is -0.651. The molecule has 20 heteroatoms. The van der Waals surface area contributed by atoms with Crippen LogP contribution in [0.1, 0.15) is 18.1 Å². The zero-order chi connectivity index (χ0) is 40.8. The lowest BCUT2D eigenvalue weighted by Crippen LogP contribution is -2.64. The van der Waals surface area contributed by atoms with Gasteiger partial charge in [0, 0.05) is 6.08 Å². The van der Waals surface area contributed by atoms with Crippen molar-refractivity contribution >= 4 is 12.0 Å². The molecule has 0 aromatic heterocycles. The highest BCUT2D eigenvalue weighted by atomic mass is 16.7. The predicted octanol–water partition coefficient (Wildman–Crippen LogP) is -3.15. The maximum absolute atomic E-state index is 13.3. The molecule has 15 atom stereocenters. The number of rotatable bonds is 14. The Bertz CT molecular complexity index is 1620. The minimum absolute atomic E-state index is 0.133. The predicted molar refractivity (Wildman–Crippen MR) is 185 cm³/mol. The summed E-state index contributed by atoms with van der Waals surface area (Å²) < 4.78 is 40.4. The molecule has 56 heavy (non-hydrogen) atoms. The van der Waals surface area contributed by atoms with E-state index in [4.69, 9.17) is 33.2 Å². The van der Waals surface area contributed by atoms with E-state index < -0.39 is 129 Å². The molecule has 20 nitrogen and oxygen atoms in total. The molecule has 2 aromatic rings. The number of aromatic hydroxyl groups is 4. The van der Waals surface area contributed by atoms with E-state index >= 15 is 0 Å². The highest BCUT2D eigenvalue weighted by molar-refractivity contribution is 5.87. The van der Waals surface area contributed by atoms with Crippen molar-refractivity contribution < 1.29 is 99.2 Å². The molecule has 0 saturated carbocycles. The van der Waals surface area contributed by atoms with E-state index in [9.17, 15) is 66.1 Å². The van der Waals surface area contributed by atoms with Gasteiger partial charge in [0.2, 0.25) is 0 Å². The summed E-state index contributed by atoms with van der Waals surface area (Å²) in [7, 11) is 0. The molecular formula is C36H48O20. The van der Waals surface area contributed by atoms with Crippen molar-refractivity contribution in [3.8, 4) is 23.0 Å². The van der Waals surface area contributed by atoms with Crippen LogP contribution < -0.4 is 0 Å². The van der Waals surface area contributed by atoms with Gasteiger partial charge in [-0.15, -0.1) is 0 Å². The van der Waals surface area contributed by atoms with Crippen LogP contribution in [0.4, 0.5) is 0 Å². The average molecular weight is 801 g/mol. The molecule has 3 heterocycles. The lowest BCUT2D eigenvalue weighted by atomic mass is 9.95. The van der Waals surface area contributed by atoms with Crippen LogP contribution in [0.25, 0.3) is 6.08 Å². The van der Waals surface area contributed by atoms with E-state index in [2.05, 4.69) is 0 Å². The van der Waals surface area contributed by atoms with Gasteiger partial charge in [0.1, 0.15) is 67.1 Å². The molecule has 3 saturated heterocycles. The Morgan fingerprint density at radius 3 is 1.93 bits per heavy atom. The molecule has 2 aromatic carbocycles. The normalized spacial score (nSPS) is 36.4. The number of hydrogen-bond acceptors (Lipinski definition) is 20. The zero-order valence-electron chi connectivity index (χ0n) is 29.9. The van der Waals surface area contributed by atoms with Crippen LogP contribution in [0, 0.1) is 0 Å². The number of carbonyl (C=O) groups is 1. The highest BCUT2D eigenvalue weighted by Crippen LogP contribution is 2.32. The van der Waals surface area contributed by atoms with Crippen molar-refractivity contribution in [2.24, 2.45) is 0 Å². The summed E-state index contributed by atoms with van der Waals surface area (Å²) >= 11 is 0. The Balaban J connectivity index is 1.41. The van der Waals surface area contributed by atoms with Gasteiger partial charge in [0.05, 0.1) is 32.5 Å². The quantitative estimate of drug-likeness (QED) is 0.0510. The van der Waals surface area contributed by atoms with Crippen molar-refractivity contribution in [1.82, 2.24) is 0 Å². The molecule has 3 aliphatic rings. The first-order chi connectivity index (χ1) is 26.6. The smallest absolute Gasteiger partial charge is 0.331 e. The van der Waals surface area contributed by atoms with Crippen LogP contribution >= 0.6 is 0 Å². The molecule has 0 amide bonds. The number of ether oxygens (including phenoxy) is 7. The van der Waals surface area contributed by atoms with E-state index in [0.717, 1.165) is 6.08 Å². The van der Waals surface area contributed by atoms with Crippen LogP contribution in [0.2, 0.25) is 0 Å². The molecule has 3 aliphatic heterocycles. The third-order valence-electron chi connectivity index (χ3n) is 9.67. The van der Waals surface area contributed by atoms with Gasteiger partial charge < -0.3 is 94.4 Å². The lowest BCUT2D eigenvalue weighted by Gasteiger charge is -2.45. The summed E-state index contributed by atoms with van der Waals surface area (Å²) in [5.41, 5.74) is 0.806. The number of benzene rings is 2. The van der Waals surface area contributed by atoms with E-state index in [1.54, 1.807) is 0 Å². The van der Waals surface area contributed by atoms with Crippen molar-refractivity contribution in [1.29, 1.82) is 0 Å². The minimum atomic E-state index is -1.83. The SMILES string of the molecule is C[C@@H]1O[C@@H](CO[C@@H]2[C@@H](O)[C@H](OCCc3ccc(O)c(O)c3)O[C@H](CO[C@@H]3O[C@H](CO)[C@@H](O)[C@H](O)[C@H]3O)[C@H]2OC(=O)/C=C/c2ccc(O)c(O)c2)[C@H](O)[C@H](O)[C@H]1O. The lowest BCUT2D eigenvalue weighted by molar-refractivity contribution is -0.336. The van der Waals surface area contributed by atoms with Crippen LogP contribution in [0.3, 0.4) is 0 Å². The zero-order valence-corrected chi connectivity index (χ0v) is 29.9. The summed E-state index contributed by atoms with van der Waals surface area (Å²) in [5.74, 6) is -2.63. The first-order valence-electron chi connectivity index (χ1n) is 17.7. The number of esters is 1. The van der Waals surface area contributed by atoms with Gasteiger partial charge in [-0.3, -0.25) is 0 Å². The summed E-state index contributed by atoms with van der Waals surface area (Å²) in [4.78, 5) is 13.3. The van der Waals surface area contributed by atoms with Gasteiger partial charge in [-0.25, -0.2) is 4.79 Å². The summed E-state index contributed by atoms with van der Waals surface area (Å²) in [5, 5.41) is 123. The van der Waals surface area contributed by atoms with Gasteiger partial charge in [0.15, 0.2) is 41.7 Å². The maximum Gasteiger partial charge on any atom is 0.331 e. The Morgan fingerprint density at radius 1 is 0.643 bits per heavy atom. The highest BCUT2D eigenvalue weighted by Gasteiger charge is 2.51. The largest absolute Gasteiger partial charge is 0.504 e. The molecule has 0 unspecified atom stereocenters. The van der Waals surface area contributed by atoms with Crippen LogP contribution in [-0.4, -0.2) is 186 Å². The fourth-order valence-corrected chi connectivity index (χ4v) is 6.37. The topological polar surface area (TPSA) is 324 Å². The Kier molecular flexibility index (Phi) is 14.9. The fourth-order valence-electron chi connectivity index (χ4n) is 6.37. The number of phenols is 4. The third-order valence-corrected chi connectivity index (χ3v) is 9.67. The molecule has 0 spiro atoms. The van der Waals surface area contributed by atoms with Crippen LogP contribution in [0.15, 0.2) is 42.5 Å². The van der Waals surface area contributed by atoms with Crippen molar-refractivity contribution in [3.05, 3.63) is 53.6 Å². The molecule has 0 bridgehead atoms. The Morgan fingerprint density at radius 2 is 1.25 bits per heavy atom. The monoisotopic (exact) mass is 800 g/mol. The fraction of sp³-hybridized carbons (Fsp3) is 0.583. The standard InChI is InChI=1S/C36H48O20/c1-15-26(43)29(46)28(45)23(53-15)13-51-34-32(49)36(50-9-8-17-3-6-19(39)21(41)11-17)55-24(14-52-35-31(48)30(47)27(44)22(12-37)54-35)33(34)56-25(42)7-4-16-2-5-18(38)20(40)10-16/h2-7,10-11,15,22-24,26-41,43-49H,8-9,12-14H2,1H3/b7-4+/t15-,22+,23-,24+,26-,27+,28-,29+,30-,31+,32+,33+,34+,35+,36+/m0/s1. The molecule has 0 radical (unpaired) electrons. The van der Waals surface area contributed by atoms with Gasteiger partial charge in [-0.1, -0.05) is 12.1 Å². The number of aliphatic hydroxyl groups is 8. The Labute approximate surface area is 319 Å². The van der Waals surface area contributed by atoms with E-state index in [-0.39, 0.29) is 30.1 Å². The van der Waals surface area contributed by atoms with Gasteiger partial charge in [-0.05, 0) is 54.8 Å². The third kappa shape index (κ3) is 10.2. The maximum atomic E-state index is 13.3. The van der Waals surface area contributed by atoms with E-state index in [1.165, 1.54) is 49.4 Å². The minimum Gasteiger partial charge on any atom is -0.504 e. The molecule has 312 valence electrons. The molecular weight excluding hydrogens is 752 g/mol. The molecule has 12 N–H and O–H groups in total. The van der Waals surface area contributed by atoms with Crippen LogP contribution in [-0.2, 0) is 44.4 Å². The van der Waals surface area contributed by atoms with Gasteiger partial charge in [-0.2, -0.15) is 0 Å². The second-order valence-electron chi connectivity index (χ2n) is 13.6. The number of aliphatic hydroxyl groups excluding tert-OH is 8. The number of hydrogen-bond donors (Lipinski definition) is 12. The van der Waals surface area contributed by atoms with Crippen molar-refractivity contribution in [2.45, 2.75) is 105 Å². The number of phenolic OH excluding ortho intramolecular Hbond substituents is 4. The number of carbonyl (C=O) groups excluding carboxylic acids is 1. The average Bonchev–Trinajstić information content (AvgIpc) is 3.17. The van der Waals surface area contributed by atoms with Gasteiger partial charge in [0.25, 0.3) is 0 Å². The van der Waals surface area contributed by atoms with Crippen molar-refractivity contribution in [3.63, 3.8) is 0 Å². The summed E-state index contributed by atoms with van der Waals surface area (Å²) in [6, 6.07) is 7.82. The Hall–Kier alpha value is -3.71.